The van der Waals surface area contributed by atoms with Crippen LogP contribution in [0.1, 0.15) is 16.1 Å². The van der Waals surface area contributed by atoms with Gasteiger partial charge in [0.15, 0.2) is 5.16 Å². The van der Waals surface area contributed by atoms with Crippen LogP contribution in [0.4, 0.5) is 0 Å². The zero-order valence-corrected chi connectivity index (χ0v) is 17.4. The van der Waals surface area contributed by atoms with Crippen molar-refractivity contribution in [3.05, 3.63) is 84.2 Å². The molecule has 0 atom stereocenters. The second-order valence-electron chi connectivity index (χ2n) is 6.94. The van der Waals surface area contributed by atoms with Crippen LogP contribution in [-0.2, 0) is 24.8 Å². The van der Waals surface area contributed by atoms with Crippen LogP contribution >= 0.6 is 11.8 Å². The molecule has 2 amide bonds. The number of benzene rings is 2. The van der Waals surface area contributed by atoms with Crippen molar-refractivity contribution in [3.8, 4) is 0 Å². The molecule has 4 rings (SSSR count). The van der Waals surface area contributed by atoms with E-state index in [1.165, 1.54) is 17.3 Å². The van der Waals surface area contributed by atoms with Gasteiger partial charge in [0.2, 0.25) is 5.91 Å². The lowest BCUT2D eigenvalue weighted by Crippen LogP contribution is -2.33. The van der Waals surface area contributed by atoms with Gasteiger partial charge in [-0.1, -0.05) is 54.2 Å². The molecule has 2 heterocycles. The normalized spacial score (nSPS) is 11.0. The molecule has 0 aliphatic carbocycles. The predicted octanol–water partition coefficient (Wildman–Crippen LogP) is 3.67. The van der Waals surface area contributed by atoms with E-state index in [-0.39, 0.29) is 11.7 Å². The number of rotatable bonds is 7. The fourth-order valence-electron chi connectivity index (χ4n) is 3.32. The Balaban J connectivity index is 1.46. The van der Waals surface area contributed by atoms with Crippen molar-refractivity contribution in [1.82, 2.24) is 19.4 Å². The highest BCUT2D eigenvalue weighted by molar-refractivity contribution is 7.99. The molecular weight excluding hydrogens is 396 g/mol. The molecular formula is C23H22N4O2S. The predicted molar refractivity (Wildman–Crippen MR) is 118 cm³/mol. The summed E-state index contributed by atoms with van der Waals surface area (Å²) < 4.78 is 3.82. The van der Waals surface area contributed by atoms with Gasteiger partial charge in [-0.15, -0.1) is 0 Å². The first kappa shape index (κ1) is 20.0. The smallest absolute Gasteiger partial charge is 0.274 e. The van der Waals surface area contributed by atoms with Crippen molar-refractivity contribution >= 4 is 34.6 Å². The van der Waals surface area contributed by atoms with Crippen LogP contribution in [0, 0.1) is 0 Å². The number of hydrogen-bond acceptors (Lipinski definition) is 4. The van der Waals surface area contributed by atoms with Crippen LogP contribution in [0.5, 0.6) is 0 Å². The van der Waals surface area contributed by atoms with Gasteiger partial charge >= 0.3 is 0 Å². The average molecular weight is 419 g/mol. The average Bonchev–Trinajstić information content (AvgIpc) is 3.34. The Kier molecular flexibility index (Phi) is 5.99. The van der Waals surface area contributed by atoms with Crippen molar-refractivity contribution < 1.29 is 9.59 Å². The number of imide groups is 1. The summed E-state index contributed by atoms with van der Waals surface area (Å²) in [6.07, 6.45) is 2.64. The summed E-state index contributed by atoms with van der Waals surface area (Å²) in [5, 5.41) is 3.22. The second-order valence-corrected chi connectivity index (χ2v) is 7.88. The first-order valence-corrected chi connectivity index (χ1v) is 10.7. The molecule has 0 bridgehead atoms. The SMILES string of the molecule is Cn1cccc1C(=O)NC(=O)CSc1nc2ccccc2n1CCc1ccccc1. The minimum absolute atomic E-state index is 0.116. The Morgan fingerprint density at radius 2 is 1.77 bits per heavy atom. The Morgan fingerprint density at radius 3 is 2.53 bits per heavy atom. The van der Waals surface area contributed by atoms with E-state index < -0.39 is 5.91 Å². The number of fused-ring (bicyclic) bond motifs is 1. The van der Waals surface area contributed by atoms with Gasteiger partial charge < -0.3 is 9.13 Å². The third-order valence-corrected chi connectivity index (χ3v) is 5.82. The Labute approximate surface area is 178 Å². The van der Waals surface area contributed by atoms with Gasteiger partial charge in [-0.2, -0.15) is 0 Å². The van der Waals surface area contributed by atoms with E-state index in [0.717, 1.165) is 29.2 Å². The summed E-state index contributed by atoms with van der Waals surface area (Å²) in [4.78, 5) is 29.3. The van der Waals surface area contributed by atoms with Crippen LogP contribution in [0.15, 0.2) is 78.1 Å². The number of aromatic nitrogens is 3. The standard InChI is InChI=1S/C23H22N4O2S/c1-26-14-7-12-20(26)22(29)25-21(28)16-30-23-24-18-10-5-6-11-19(18)27(23)15-13-17-8-3-2-4-9-17/h2-12,14H,13,15-16H2,1H3,(H,25,28,29). The number of carbonyl (C=O) groups is 2. The molecule has 0 unspecified atom stereocenters. The van der Waals surface area contributed by atoms with E-state index in [2.05, 4.69) is 22.0 Å². The van der Waals surface area contributed by atoms with E-state index in [1.807, 2.05) is 42.5 Å². The molecule has 0 saturated heterocycles. The van der Waals surface area contributed by atoms with E-state index >= 15 is 0 Å². The molecule has 152 valence electrons. The lowest BCUT2D eigenvalue weighted by Gasteiger charge is -2.09. The molecule has 0 radical (unpaired) electrons. The largest absolute Gasteiger partial charge is 0.347 e. The van der Waals surface area contributed by atoms with Crippen molar-refractivity contribution in [2.45, 2.75) is 18.1 Å². The topological polar surface area (TPSA) is 68.9 Å². The summed E-state index contributed by atoms with van der Waals surface area (Å²) >= 11 is 1.34. The molecule has 1 N–H and O–H groups in total. The third-order valence-electron chi connectivity index (χ3n) is 4.85. The summed E-state index contributed by atoms with van der Waals surface area (Å²) in [7, 11) is 1.77. The molecule has 6 nitrogen and oxygen atoms in total. The number of nitrogens with one attached hydrogen (secondary N) is 1. The quantitative estimate of drug-likeness (QED) is 0.465. The van der Waals surface area contributed by atoms with Crippen LogP contribution < -0.4 is 5.32 Å². The van der Waals surface area contributed by atoms with Gasteiger partial charge in [0.05, 0.1) is 16.8 Å². The lowest BCUT2D eigenvalue weighted by molar-refractivity contribution is -0.117. The van der Waals surface area contributed by atoms with Crippen molar-refractivity contribution in [1.29, 1.82) is 0 Å². The van der Waals surface area contributed by atoms with Crippen LogP contribution in [0.2, 0.25) is 0 Å². The summed E-state index contributed by atoms with van der Waals surface area (Å²) in [5.74, 6) is -0.622. The number of hydrogen-bond donors (Lipinski definition) is 1. The molecule has 0 spiro atoms. The van der Waals surface area contributed by atoms with Gasteiger partial charge in [-0.25, -0.2) is 4.98 Å². The maximum absolute atomic E-state index is 12.3. The van der Waals surface area contributed by atoms with Gasteiger partial charge in [0.1, 0.15) is 5.69 Å². The van der Waals surface area contributed by atoms with E-state index in [0.29, 0.717) is 5.69 Å². The molecule has 2 aromatic heterocycles. The first-order valence-electron chi connectivity index (χ1n) is 9.69. The number of aryl methyl sites for hydroxylation is 3. The molecule has 30 heavy (non-hydrogen) atoms. The zero-order chi connectivity index (χ0) is 20.9. The Hall–Kier alpha value is -3.32. The minimum Gasteiger partial charge on any atom is -0.347 e. The van der Waals surface area contributed by atoms with Crippen LogP contribution in [-0.4, -0.2) is 31.7 Å². The number of imidazole rings is 1. The van der Waals surface area contributed by atoms with Crippen LogP contribution in [0.3, 0.4) is 0 Å². The zero-order valence-electron chi connectivity index (χ0n) is 16.6. The number of para-hydroxylation sites is 2. The number of nitrogens with zero attached hydrogens (tertiary/aromatic N) is 3. The monoisotopic (exact) mass is 418 g/mol. The maximum Gasteiger partial charge on any atom is 0.274 e. The van der Waals surface area contributed by atoms with Crippen molar-refractivity contribution in [2.75, 3.05) is 5.75 Å². The van der Waals surface area contributed by atoms with E-state index in [9.17, 15) is 9.59 Å². The first-order chi connectivity index (χ1) is 14.6. The Morgan fingerprint density at radius 1 is 1.00 bits per heavy atom. The molecule has 4 aromatic rings. The minimum atomic E-state index is -0.398. The highest BCUT2D eigenvalue weighted by Crippen LogP contribution is 2.24. The van der Waals surface area contributed by atoms with E-state index in [4.69, 9.17) is 4.98 Å². The van der Waals surface area contributed by atoms with Gasteiger partial charge in [-0.3, -0.25) is 14.9 Å². The summed E-state index contributed by atoms with van der Waals surface area (Å²) in [5.41, 5.74) is 3.63. The summed E-state index contributed by atoms with van der Waals surface area (Å²) in [6, 6.07) is 21.7. The lowest BCUT2D eigenvalue weighted by atomic mass is 10.1. The summed E-state index contributed by atoms with van der Waals surface area (Å²) in [6.45, 7) is 0.761. The fraction of sp³-hybridized carbons (Fsp3) is 0.174. The number of thioether (sulfide) groups is 1. The van der Waals surface area contributed by atoms with Crippen LogP contribution in [0.25, 0.3) is 11.0 Å². The van der Waals surface area contributed by atoms with Crippen molar-refractivity contribution in [2.24, 2.45) is 7.05 Å². The number of carbonyl (C=O) groups excluding carboxylic acids is 2. The third kappa shape index (κ3) is 4.46. The van der Waals surface area contributed by atoms with E-state index in [1.54, 1.807) is 29.9 Å². The number of amides is 2. The molecule has 0 aliphatic heterocycles. The molecule has 7 heteroatoms. The molecule has 0 aliphatic rings. The van der Waals surface area contributed by atoms with Gasteiger partial charge in [0.25, 0.3) is 5.91 Å². The van der Waals surface area contributed by atoms with Gasteiger partial charge in [-0.05, 0) is 36.2 Å². The molecule has 2 aromatic carbocycles. The van der Waals surface area contributed by atoms with Gasteiger partial charge in [0, 0.05) is 19.8 Å². The Bertz CT molecular complexity index is 1180. The highest BCUT2D eigenvalue weighted by atomic mass is 32.2. The fourth-order valence-corrected chi connectivity index (χ4v) is 4.16. The molecule has 0 fully saturated rings. The highest BCUT2D eigenvalue weighted by Gasteiger charge is 2.16. The maximum atomic E-state index is 12.3. The molecule has 0 saturated carbocycles. The van der Waals surface area contributed by atoms with Crippen molar-refractivity contribution in [3.63, 3.8) is 0 Å². The second kappa shape index (κ2) is 9.00.